The Labute approximate surface area is 115 Å². The van der Waals surface area contributed by atoms with Gasteiger partial charge in [0.05, 0.1) is 0 Å². The summed E-state index contributed by atoms with van der Waals surface area (Å²) in [5.41, 5.74) is 6.20. The first-order valence-corrected chi connectivity index (χ1v) is 6.28. The third-order valence-corrected chi connectivity index (χ3v) is 2.99. The van der Waals surface area contributed by atoms with Crippen LogP contribution in [0.3, 0.4) is 0 Å². The number of carbonyl (C=O) groups excluding carboxylic acids is 2. The molecule has 0 saturated carbocycles. The van der Waals surface area contributed by atoms with E-state index in [1.54, 1.807) is 31.2 Å². The molecule has 6 heteroatoms. The van der Waals surface area contributed by atoms with Gasteiger partial charge in [-0.1, -0.05) is 23.7 Å². The van der Waals surface area contributed by atoms with Gasteiger partial charge in [0.25, 0.3) is 5.91 Å². The Morgan fingerprint density at radius 2 is 2.00 bits per heavy atom. The largest absolute Gasteiger partial charge is 0.328 e. The maximum Gasteiger partial charge on any atom is 0.264 e. The number of amides is 2. The molecule has 1 heterocycles. The van der Waals surface area contributed by atoms with Crippen molar-refractivity contribution >= 4 is 29.3 Å². The molecule has 2 atom stereocenters. The zero-order chi connectivity index (χ0) is 14.0. The number of hydrogen-bond donors (Lipinski definition) is 2. The van der Waals surface area contributed by atoms with Gasteiger partial charge in [-0.15, -0.1) is 0 Å². The average Bonchev–Trinajstić information content (AvgIpc) is 2.29. The van der Waals surface area contributed by atoms with Crippen molar-refractivity contribution in [1.29, 1.82) is 0 Å². The van der Waals surface area contributed by atoms with Crippen molar-refractivity contribution in [3.63, 3.8) is 0 Å². The van der Waals surface area contributed by atoms with Crippen molar-refractivity contribution in [2.24, 2.45) is 10.7 Å². The van der Waals surface area contributed by atoms with E-state index in [4.69, 9.17) is 17.3 Å². The summed E-state index contributed by atoms with van der Waals surface area (Å²) in [7, 11) is 0. The Kier molecular flexibility index (Phi) is 3.97. The molecule has 1 aliphatic heterocycles. The predicted molar refractivity (Wildman–Crippen MR) is 73.0 cm³/mol. The van der Waals surface area contributed by atoms with Crippen LogP contribution >= 0.6 is 11.6 Å². The lowest BCUT2D eigenvalue weighted by Gasteiger charge is -2.21. The molecule has 1 aromatic rings. The second kappa shape index (κ2) is 5.50. The van der Waals surface area contributed by atoms with Gasteiger partial charge < -0.3 is 11.1 Å². The van der Waals surface area contributed by atoms with E-state index in [2.05, 4.69) is 10.3 Å². The number of halogens is 1. The van der Waals surface area contributed by atoms with Crippen molar-refractivity contribution in [2.75, 3.05) is 0 Å². The fraction of sp³-hybridized carbons (Fsp3) is 0.308. The van der Waals surface area contributed by atoms with E-state index in [-0.39, 0.29) is 11.9 Å². The highest BCUT2D eigenvalue weighted by Gasteiger charge is 2.33. The van der Waals surface area contributed by atoms with Gasteiger partial charge in [0.15, 0.2) is 0 Å². The molecule has 0 bridgehead atoms. The number of amidine groups is 1. The third-order valence-electron chi connectivity index (χ3n) is 2.74. The van der Waals surface area contributed by atoms with E-state index >= 15 is 0 Å². The molecule has 100 valence electrons. The summed E-state index contributed by atoms with van der Waals surface area (Å²) in [6, 6.07) is 6.41. The SMILES string of the molecule is CC(N)CC1=NC(=O)C(c2ccc(Cl)cc2)C(=O)N1. The second-order valence-corrected chi connectivity index (χ2v) is 4.99. The molecule has 0 aliphatic carbocycles. The predicted octanol–water partition coefficient (Wildman–Crippen LogP) is 1.22. The van der Waals surface area contributed by atoms with Crippen LogP contribution in [0, 0.1) is 0 Å². The van der Waals surface area contributed by atoms with E-state index in [0.29, 0.717) is 22.8 Å². The summed E-state index contributed by atoms with van der Waals surface area (Å²) in [6.07, 6.45) is 0.366. The van der Waals surface area contributed by atoms with E-state index in [9.17, 15) is 9.59 Å². The quantitative estimate of drug-likeness (QED) is 0.816. The average molecular weight is 280 g/mol. The first-order valence-electron chi connectivity index (χ1n) is 5.90. The van der Waals surface area contributed by atoms with Crippen LogP contribution in [0.25, 0.3) is 0 Å². The van der Waals surface area contributed by atoms with Crippen molar-refractivity contribution in [1.82, 2.24) is 5.32 Å². The monoisotopic (exact) mass is 279 g/mol. The lowest BCUT2D eigenvalue weighted by molar-refractivity contribution is -0.129. The number of carbonyl (C=O) groups is 2. The van der Waals surface area contributed by atoms with Crippen LogP contribution in [-0.2, 0) is 9.59 Å². The summed E-state index contributed by atoms with van der Waals surface area (Å²) >= 11 is 5.78. The maximum atomic E-state index is 12.0. The van der Waals surface area contributed by atoms with Crippen molar-refractivity contribution in [3.05, 3.63) is 34.9 Å². The third kappa shape index (κ3) is 3.19. The van der Waals surface area contributed by atoms with Gasteiger partial charge in [0, 0.05) is 17.5 Å². The number of benzene rings is 1. The summed E-state index contributed by atoms with van der Waals surface area (Å²) in [5.74, 6) is -1.43. The Hall–Kier alpha value is -1.72. The number of nitrogens with two attached hydrogens (primary N) is 1. The highest BCUT2D eigenvalue weighted by molar-refractivity contribution is 6.30. The Morgan fingerprint density at radius 1 is 1.37 bits per heavy atom. The van der Waals surface area contributed by atoms with Crippen molar-refractivity contribution in [2.45, 2.75) is 25.3 Å². The molecule has 19 heavy (non-hydrogen) atoms. The molecular weight excluding hydrogens is 266 g/mol. The van der Waals surface area contributed by atoms with Crippen molar-refractivity contribution in [3.8, 4) is 0 Å². The van der Waals surface area contributed by atoms with Gasteiger partial charge >= 0.3 is 0 Å². The normalized spacial score (nSPS) is 20.8. The number of hydrogen-bond acceptors (Lipinski definition) is 3. The van der Waals surface area contributed by atoms with Gasteiger partial charge in [0.2, 0.25) is 5.91 Å². The maximum absolute atomic E-state index is 12.0. The molecule has 0 aromatic heterocycles. The molecule has 1 aliphatic rings. The van der Waals surface area contributed by atoms with Gasteiger partial charge in [0.1, 0.15) is 11.8 Å². The van der Waals surface area contributed by atoms with E-state index < -0.39 is 11.8 Å². The molecule has 0 spiro atoms. The zero-order valence-corrected chi connectivity index (χ0v) is 11.1. The standard InChI is InChI=1S/C13H14ClN3O2/c1-7(15)6-10-16-12(18)11(13(19)17-10)8-2-4-9(14)5-3-8/h2-5,7,11H,6,15H2,1H3,(H,16,17,18,19). The molecule has 2 unspecified atom stereocenters. The molecule has 2 amide bonds. The second-order valence-electron chi connectivity index (χ2n) is 4.55. The topological polar surface area (TPSA) is 84.5 Å². The summed E-state index contributed by atoms with van der Waals surface area (Å²) in [4.78, 5) is 27.8. The lowest BCUT2D eigenvalue weighted by atomic mass is 9.96. The molecule has 0 fully saturated rings. The van der Waals surface area contributed by atoms with Gasteiger partial charge in [-0.25, -0.2) is 0 Å². The summed E-state index contributed by atoms with van der Waals surface area (Å²) in [6.45, 7) is 1.78. The smallest absolute Gasteiger partial charge is 0.264 e. The highest BCUT2D eigenvalue weighted by Crippen LogP contribution is 2.22. The molecule has 2 rings (SSSR count). The summed E-state index contributed by atoms with van der Waals surface area (Å²) in [5, 5.41) is 3.17. The number of nitrogens with one attached hydrogen (secondary N) is 1. The Morgan fingerprint density at radius 3 is 2.53 bits per heavy atom. The van der Waals surface area contributed by atoms with Crippen LogP contribution in [0.4, 0.5) is 0 Å². The minimum atomic E-state index is -0.908. The Bertz CT molecular complexity index is 537. The lowest BCUT2D eigenvalue weighted by Crippen LogP contribution is -2.44. The van der Waals surface area contributed by atoms with Crippen LogP contribution in [0.1, 0.15) is 24.8 Å². The molecular formula is C13H14ClN3O2. The van der Waals surface area contributed by atoms with Crippen LogP contribution in [0.5, 0.6) is 0 Å². The molecule has 5 nitrogen and oxygen atoms in total. The fourth-order valence-electron chi connectivity index (χ4n) is 1.90. The number of aliphatic imine (C=N–C) groups is 1. The first-order chi connectivity index (χ1) is 8.97. The van der Waals surface area contributed by atoms with Crippen LogP contribution in [0.15, 0.2) is 29.3 Å². The van der Waals surface area contributed by atoms with E-state index in [0.717, 1.165) is 0 Å². The summed E-state index contributed by atoms with van der Waals surface area (Å²) < 4.78 is 0. The fourth-order valence-corrected chi connectivity index (χ4v) is 2.03. The molecule has 1 aromatic carbocycles. The minimum Gasteiger partial charge on any atom is -0.328 e. The van der Waals surface area contributed by atoms with Crippen LogP contribution in [-0.4, -0.2) is 23.7 Å². The van der Waals surface area contributed by atoms with Gasteiger partial charge in [-0.05, 0) is 24.6 Å². The van der Waals surface area contributed by atoms with Gasteiger partial charge in [-0.2, -0.15) is 4.99 Å². The molecule has 3 N–H and O–H groups in total. The van der Waals surface area contributed by atoms with E-state index in [1.807, 2.05) is 0 Å². The highest BCUT2D eigenvalue weighted by atomic mass is 35.5. The minimum absolute atomic E-state index is 0.168. The van der Waals surface area contributed by atoms with Crippen LogP contribution in [0.2, 0.25) is 5.02 Å². The van der Waals surface area contributed by atoms with Crippen LogP contribution < -0.4 is 11.1 Å². The van der Waals surface area contributed by atoms with Crippen molar-refractivity contribution < 1.29 is 9.59 Å². The molecule has 0 radical (unpaired) electrons. The number of nitrogens with zero attached hydrogens (tertiary/aromatic N) is 1. The van der Waals surface area contributed by atoms with Gasteiger partial charge in [-0.3, -0.25) is 9.59 Å². The van der Waals surface area contributed by atoms with E-state index in [1.165, 1.54) is 0 Å². The zero-order valence-electron chi connectivity index (χ0n) is 10.4. The molecule has 0 saturated heterocycles. The Balaban J connectivity index is 2.25. The first kappa shape index (κ1) is 13.7. The number of rotatable bonds is 3.